The number of hydrogen-bond acceptors (Lipinski definition) is 5. The lowest BCUT2D eigenvalue weighted by molar-refractivity contribution is -0.106. The van der Waals surface area contributed by atoms with Crippen molar-refractivity contribution in [3.63, 3.8) is 0 Å². The van der Waals surface area contributed by atoms with Crippen LogP contribution in [-0.4, -0.2) is 33.7 Å². The Kier molecular flexibility index (Phi) is 2.40. The summed E-state index contributed by atoms with van der Waals surface area (Å²) >= 11 is 0. The number of hydrogen-bond donors (Lipinski definition) is 2. The highest BCUT2D eigenvalue weighted by Crippen LogP contribution is 2.34. The first-order valence-corrected chi connectivity index (χ1v) is 4.78. The van der Waals surface area contributed by atoms with Crippen LogP contribution in [0.2, 0.25) is 0 Å². The van der Waals surface area contributed by atoms with Crippen molar-refractivity contribution in [2.45, 2.75) is 5.60 Å². The second-order valence-corrected chi connectivity index (χ2v) is 3.62. The van der Waals surface area contributed by atoms with Gasteiger partial charge in [-0.3, -0.25) is 14.4 Å². The standard InChI is InChI=1S/C12H8O5/c13-5-7(6-14)12(17)10(15)8-3-1-2-4-9(8)11(12)16/h1-6,13,17H/b7-5+. The number of aliphatic hydroxyl groups excluding tert-OH is 1. The van der Waals surface area contributed by atoms with E-state index < -0.39 is 22.7 Å². The molecule has 0 unspecified atom stereocenters. The van der Waals surface area contributed by atoms with E-state index in [-0.39, 0.29) is 23.7 Å². The van der Waals surface area contributed by atoms with Crippen LogP contribution >= 0.6 is 0 Å². The topological polar surface area (TPSA) is 91.7 Å². The maximum absolute atomic E-state index is 11.9. The molecule has 0 aromatic heterocycles. The van der Waals surface area contributed by atoms with Gasteiger partial charge in [0, 0.05) is 11.1 Å². The van der Waals surface area contributed by atoms with Gasteiger partial charge in [0.25, 0.3) is 0 Å². The fraction of sp³-hybridized carbons (Fsp3) is 0.0833. The summed E-state index contributed by atoms with van der Waals surface area (Å²) in [5, 5.41) is 18.9. The average Bonchev–Trinajstić information content (AvgIpc) is 2.55. The summed E-state index contributed by atoms with van der Waals surface area (Å²) in [6, 6.07) is 5.85. The zero-order valence-corrected chi connectivity index (χ0v) is 8.58. The van der Waals surface area contributed by atoms with Crippen molar-refractivity contribution in [3.8, 4) is 0 Å². The molecule has 0 bridgehead atoms. The largest absolute Gasteiger partial charge is 0.515 e. The van der Waals surface area contributed by atoms with Crippen LogP contribution in [0.25, 0.3) is 0 Å². The predicted octanol–water partition coefficient (Wildman–Crippen LogP) is 0.438. The highest BCUT2D eigenvalue weighted by atomic mass is 16.3. The van der Waals surface area contributed by atoms with Crippen molar-refractivity contribution in [1.82, 2.24) is 0 Å². The van der Waals surface area contributed by atoms with Crippen LogP contribution < -0.4 is 0 Å². The third-order valence-electron chi connectivity index (χ3n) is 2.76. The Hall–Kier alpha value is -2.27. The molecule has 1 aromatic carbocycles. The van der Waals surface area contributed by atoms with Crippen LogP contribution in [0.5, 0.6) is 0 Å². The van der Waals surface area contributed by atoms with Crippen LogP contribution in [-0.2, 0) is 4.79 Å². The molecular formula is C12H8O5. The Morgan fingerprint density at radius 1 is 1.12 bits per heavy atom. The second-order valence-electron chi connectivity index (χ2n) is 3.62. The van der Waals surface area contributed by atoms with Gasteiger partial charge in [0.05, 0.1) is 11.8 Å². The summed E-state index contributed by atoms with van der Waals surface area (Å²) < 4.78 is 0. The van der Waals surface area contributed by atoms with Gasteiger partial charge in [0.1, 0.15) is 0 Å². The zero-order chi connectivity index (χ0) is 12.6. The third kappa shape index (κ3) is 1.26. The van der Waals surface area contributed by atoms with Crippen molar-refractivity contribution in [3.05, 3.63) is 47.2 Å². The average molecular weight is 232 g/mol. The Morgan fingerprint density at radius 3 is 1.94 bits per heavy atom. The molecule has 5 heteroatoms. The Balaban J connectivity index is 2.68. The van der Waals surface area contributed by atoms with Crippen molar-refractivity contribution in [2.24, 2.45) is 0 Å². The zero-order valence-electron chi connectivity index (χ0n) is 8.58. The van der Waals surface area contributed by atoms with E-state index in [2.05, 4.69) is 0 Å². The SMILES string of the molecule is O=C/C(=C\O)C1(O)C(=O)c2ccccc2C1=O. The molecule has 0 amide bonds. The number of fused-ring (bicyclic) bond motifs is 1. The number of aliphatic hydroxyl groups is 2. The molecule has 1 aliphatic rings. The summed E-state index contributed by atoms with van der Waals surface area (Å²) in [6.45, 7) is 0. The van der Waals surface area contributed by atoms with Crippen molar-refractivity contribution >= 4 is 17.9 Å². The number of carbonyl (C=O) groups is 3. The molecular weight excluding hydrogens is 224 g/mol. The van der Waals surface area contributed by atoms with Crippen molar-refractivity contribution in [1.29, 1.82) is 0 Å². The summed E-state index contributed by atoms with van der Waals surface area (Å²) in [5.41, 5.74) is -3.17. The van der Waals surface area contributed by atoms with Crippen LogP contribution in [0, 0.1) is 0 Å². The quantitative estimate of drug-likeness (QED) is 0.334. The lowest BCUT2D eigenvalue weighted by Crippen LogP contribution is -2.43. The summed E-state index contributed by atoms with van der Waals surface area (Å²) in [7, 11) is 0. The molecule has 0 radical (unpaired) electrons. The molecule has 17 heavy (non-hydrogen) atoms. The smallest absolute Gasteiger partial charge is 0.222 e. The minimum absolute atomic E-state index is 0.0428. The molecule has 0 fully saturated rings. The minimum atomic E-state index is -2.60. The molecule has 0 saturated carbocycles. The van der Waals surface area contributed by atoms with Gasteiger partial charge in [0.15, 0.2) is 6.29 Å². The van der Waals surface area contributed by atoms with E-state index in [0.29, 0.717) is 0 Å². The minimum Gasteiger partial charge on any atom is -0.515 e. The lowest BCUT2D eigenvalue weighted by Gasteiger charge is -2.17. The molecule has 86 valence electrons. The maximum atomic E-state index is 11.9. The van der Waals surface area contributed by atoms with Gasteiger partial charge in [0.2, 0.25) is 17.2 Å². The van der Waals surface area contributed by atoms with Gasteiger partial charge in [-0.2, -0.15) is 0 Å². The highest BCUT2D eigenvalue weighted by Gasteiger charge is 2.54. The molecule has 0 saturated heterocycles. The van der Waals surface area contributed by atoms with E-state index >= 15 is 0 Å². The molecule has 0 aliphatic heterocycles. The monoisotopic (exact) mass is 232 g/mol. The molecule has 2 N–H and O–H groups in total. The van der Waals surface area contributed by atoms with Crippen LogP contribution in [0.15, 0.2) is 36.1 Å². The summed E-state index contributed by atoms with van der Waals surface area (Å²) in [4.78, 5) is 34.5. The maximum Gasteiger partial charge on any atom is 0.222 e. The van der Waals surface area contributed by atoms with E-state index in [4.69, 9.17) is 5.11 Å². The van der Waals surface area contributed by atoms with Crippen LogP contribution in [0.3, 0.4) is 0 Å². The highest BCUT2D eigenvalue weighted by molar-refractivity contribution is 6.35. The number of Topliss-reactive ketones (excluding diaryl/α,β-unsaturated/α-hetero) is 2. The molecule has 1 aliphatic carbocycles. The van der Waals surface area contributed by atoms with Gasteiger partial charge in [-0.25, -0.2) is 0 Å². The molecule has 0 atom stereocenters. The molecule has 1 aromatic rings. The predicted molar refractivity (Wildman–Crippen MR) is 56.8 cm³/mol. The number of benzene rings is 1. The summed E-state index contributed by atoms with van der Waals surface area (Å²) in [6.07, 6.45) is 0.357. The Labute approximate surface area is 96.0 Å². The first-order valence-electron chi connectivity index (χ1n) is 4.78. The number of ketones is 2. The van der Waals surface area contributed by atoms with Gasteiger partial charge >= 0.3 is 0 Å². The molecule has 5 nitrogen and oxygen atoms in total. The molecule has 0 spiro atoms. The Bertz CT molecular complexity index is 521. The third-order valence-corrected chi connectivity index (χ3v) is 2.76. The lowest BCUT2D eigenvalue weighted by atomic mass is 9.90. The van der Waals surface area contributed by atoms with Crippen molar-refractivity contribution in [2.75, 3.05) is 0 Å². The fourth-order valence-electron chi connectivity index (χ4n) is 1.84. The normalized spacial score (nSPS) is 18.1. The van der Waals surface area contributed by atoms with E-state index in [1.807, 2.05) is 0 Å². The number of aldehydes is 1. The number of carbonyl (C=O) groups excluding carboxylic acids is 3. The van der Waals surface area contributed by atoms with E-state index in [9.17, 15) is 19.5 Å². The van der Waals surface area contributed by atoms with Gasteiger partial charge in [-0.05, 0) is 0 Å². The van der Waals surface area contributed by atoms with Gasteiger partial charge in [-0.1, -0.05) is 24.3 Å². The molecule has 0 heterocycles. The first kappa shape index (κ1) is 11.2. The van der Waals surface area contributed by atoms with Crippen molar-refractivity contribution < 1.29 is 24.6 Å². The fourth-order valence-corrected chi connectivity index (χ4v) is 1.84. The Morgan fingerprint density at radius 2 is 1.59 bits per heavy atom. The molecule has 2 rings (SSSR count). The summed E-state index contributed by atoms with van der Waals surface area (Å²) in [5.74, 6) is -1.80. The second kappa shape index (κ2) is 3.64. The van der Waals surface area contributed by atoms with E-state index in [1.54, 1.807) is 12.1 Å². The van der Waals surface area contributed by atoms with Gasteiger partial charge in [-0.15, -0.1) is 0 Å². The van der Waals surface area contributed by atoms with Crippen LogP contribution in [0.4, 0.5) is 0 Å². The van der Waals surface area contributed by atoms with Crippen LogP contribution in [0.1, 0.15) is 20.7 Å². The number of rotatable bonds is 2. The van der Waals surface area contributed by atoms with E-state index in [0.717, 1.165) is 0 Å². The van der Waals surface area contributed by atoms with E-state index in [1.165, 1.54) is 12.1 Å². The van der Waals surface area contributed by atoms with Gasteiger partial charge < -0.3 is 10.2 Å². The first-order chi connectivity index (χ1) is 8.07.